The van der Waals surface area contributed by atoms with Gasteiger partial charge in [0, 0.05) is 36.1 Å². The summed E-state index contributed by atoms with van der Waals surface area (Å²) in [5, 5.41) is 21.7. The van der Waals surface area contributed by atoms with Crippen LogP contribution in [0.5, 0.6) is 11.5 Å². The van der Waals surface area contributed by atoms with Crippen LogP contribution < -0.4 is 14.8 Å². The van der Waals surface area contributed by atoms with Crippen molar-refractivity contribution in [3.8, 4) is 11.5 Å². The first-order valence-electron chi connectivity index (χ1n) is 11.9. The van der Waals surface area contributed by atoms with Crippen LogP contribution in [0, 0.1) is 0 Å². The third kappa shape index (κ3) is 5.46. The summed E-state index contributed by atoms with van der Waals surface area (Å²) >= 11 is 2.43. The van der Waals surface area contributed by atoms with Crippen LogP contribution in [0.15, 0.2) is 24.3 Å². The summed E-state index contributed by atoms with van der Waals surface area (Å²) in [4.78, 5) is 55.2. The lowest BCUT2D eigenvalue weighted by atomic mass is 10.0. The van der Waals surface area contributed by atoms with Crippen molar-refractivity contribution in [3.05, 3.63) is 45.4 Å². The van der Waals surface area contributed by atoms with Crippen molar-refractivity contribution in [1.29, 1.82) is 0 Å². The monoisotopic (exact) mass is 569 g/mol. The molecule has 11 nitrogen and oxygen atoms in total. The highest BCUT2D eigenvalue weighted by molar-refractivity contribution is 7.20. The number of aliphatic carboxylic acids is 2. The number of methoxy groups -OCH3 is 2. The summed E-state index contributed by atoms with van der Waals surface area (Å²) in [6, 6.07) is 7.15. The zero-order valence-electron chi connectivity index (χ0n) is 20.8. The van der Waals surface area contributed by atoms with Crippen LogP contribution in [0.3, 0.4) is 0 Å². The molecule has 1 aliphatic rings. The number of hydrogen-bond donors (Lipinski definition) is 3. The summed E-state index contributed by atoms with van der Waals surface area (Å²) in [6.07, 6.45) is -0.724. The van der Waals surface area contributed by atoms with E-state index in [0.717, 1.165) is 20.5 Å². The van der Waals surface area contributed by atoms with E-state index in [0.29, 0.717) is 22.5 Å². The lowest BCUT2D eigenvalue weighted by molar-refractivity contribution is -0.137. The number of hydrogen-bond acceptors (Lipinski definition) is 11. The number of ether oxygens (including phenoxy) is 2. The number of fused-ring (bicyclic) bond motifs is 2. The molecule has 0 amide bonds. The molecule has 2 atom stereocenters. The van der Waals surface area contributed by atoms with Crippen molar-refractivity contribution in [2.24, 2.45) is 0 Å². The molecular formula is C26H23N3O8S2. The molecule has 13 heteroatoms. The van der Waals surface area contributed by atoms with E-state index in [1.807, 2.05) is 12.1 Å². The molecular weight excluding hydrogens is 546 g/mol. The fourth-order valence-electron chi connectivity index (χ4n) is 4.35. The number of carboxylic acid groups (broad SMARTS) is 2. The molecule has 39 heavy (non-hydrogen) atoms. The van der Waals surface area contributed by atoms with Crippen molar-refractivity contribution < 1.29 is 38.9 Å². The maximum Gasteiger partial charge on any atom is 0.303 e. The minimum absolute atomic E-state index is 0.113. The number of Topliss-reactive ketones (excluding diaryl/α,β-unsaturated/α-hetero) is 2. The highest BCUT2D eigenvalue weighted by Crippen LogP contribution is 2.50. The summed E-state index contributed by atoms with van der Waals surface area (Å²) < 4.78 is 12.8. The Bertz CT molecular complexity index is 1520. The first-order valence-corrected chi connectivity index (χ1v) is 13.5. The first kappa shape index (κ1) is 26.7. The predicted octanol–water partition coefficient (Wildman–Crippen LogP) is 4.40. The van der Waals surface area contributed by atoms with Crippen LogP contribution in [-0.4, -0.2) is 57.9 Å². The van der Waals surface area contributed by atoms with E-state index in [1.165, 1.54) is 22.7 Å². The number of carbonyl (C=O) groups is 4. The number of aromatic nitrogens is 2. The van der Waals surface area contributed by atoms with Gasteiger partial charge < -0.3 is 19.7 Å². The molecule has 4 aromatic rings. The molecule has 2 aromatic heterocycles. The van der Waals surface area contributed by atoms with Crippen molar-refractivity contribution in [2.45, 2.75) is 37.8 Å². The molecule has 1 aliphatic heterocycles. The Balaban J connectivity index is 1.42. The van der Waals surface area contributed by atoms with Crippen LogP contribution in [0.1, 0.15) is 68.5 Å². The zero-order chi connectivity index (χ0) is 27.8. The average Bonchev–Trinajstić information content (AvgIpc) is 3.40. The summed E-state index contributed by atoms with van der Waals surface area (Å²) in [7, 11) is 3.11. The summed E-state index contributed by atoms with van der Waals surface area (Å²) in [5.74, 6) is -1.50. The SMILES string of the molecule is COc1cc2nc(C(=O)CCC(=O)O)sc2cc1C1NC1c1cc2sc(C(=O)CCC(=O)O)nc2cc1OC. The van der Waals surface area contributed by atoms with E-state index in [4.69, 9.17) is 19.7 Å². The second kappa shape index (κ2) is 10.7. The predicted molar refractivity (Wildman–Crippen MR) is 143 cm³/mol. The molecule has 202 valence electrons. The van der Waals surface area contributed by atoms with Crippen LogP contribution in [0.2, 0.25) is 0 Å². The Kier molecular flexibility index (Phi) is 7.30. The van der Waals surface area contributed by atoms with Crippen LogP contribution in [0.25, 0.3) is 20.4 Å². The second-order valence-electron chi connectivity index (χ2n) is 8.92. The van der Waals surface area contributed by atoms with Gasteiger partial charge in [0.15, 0.2) is 21.6 Å². The number of carboxylic acids is 2. The smallest absolute Gasteiger partial charge is 0.303 e. The minimum Gasteiger partial charge on any atom is -0.496 e. The molecule has 2 aromatic carbocycles. The minimum atomic E-state index is -1.03. The van der Waals surface area contributed by atoms with E-state index in [2.05, 4.69) is 15.3 Å². The molecule has 0 saturated carbocycles. The van der Waals surface area contributed by atoms with Gasteiger partial charge in [0.2, 0.25) is 0 Å². The van der Waals surface area contributed by atoms with Crippen molar-refractivity contribution >= 4 is 66.6 Å². The van der Waals surface area contributed by atoms with E-state index < -0.39 is 11.9 Å². The number of thiazole rings is 2. The first-order chi connectivity index (χ1) is 18.7. The second-order valence-corrected chi connectivity index (χ2v) is 11.0. The normalized spacial score (nSPS) is 16.4. The standard InChI is InChI=1S/C26H23N3O8S2/c1-36-17-9-13-19(38-25(27-13)15(30)3-5-21(32)33)7-11(17)23-24(29-23)12-8-20-14(10-18(12)37-2)28-26(39-20)16(31)4-6-22(34)35/h7-10,23-24,29H,3-6H2,1-2H3,(H,32,33)(H,34,35). The molecule has 0 radical (unpaired) electrons. The Labute approximate surface area is 229 Å². The van der Waals surface area contributed by atoms with Gasteiger partial charge in [-0.15, -0.1) is 22.7 Å². The molecule has 3 N–H and O–H groups in total. The number of rotatable bonds is 12. The lowest BCUT2D eigenvalue weighted by Crippen LogP contribution is -2.03. The highest BCUT2D eigenvalue weighted by Gasteiger charge is 2.42. The van der Waals surface area contributed by atoms with E-state index in [-0.39, 0.29) is 59.3 Å². The van der Waals surface area contributed by atoms with Gasteiger partial charge in [-0.3, -0.25) is 24.5 Å². The molecule has 0 spiro atoms. The average molecular weight is 570 g/mol. The highest BCUT2D eigenvalue weighted by atomic mass is 32.1. The van der Waals surface area contributed by atoms with Crippen LogP contribution >= 0.6 is 22.7 Å². The maximum atomic E-state index is 12.4. The molecule has 0 bridgehead atoms. The number of carbonyl (C=O) groups excluding carboxylic acids is 2. The van der Waals surface area contributed by atoms with Crippen LogP contribution in [-0.2, 0) is 9.59 Å². The Morgan fingerprint density at radius 1 is 0.744 bits per heavy atom. The summed E-state index contributed by atoms with van der Waals surface area (Å²) in [6.45, 7) is 0. The van der Waals surface area contributed by atoms with E-state index in [9.17, 15) is 19.2 Å². The third-order valence-electron chi connectivity index (χ3n) is 6.34. The number of nitrogens with zero attached hydrogens (tertiary/aromatic N) is 2. The lowest BCUT2D eigenvalue weighted by Gasteiger charge is -2.09. The topological polar surface area (TPSA) is 175 Å². The van der Waals surface area contributed by atoms with Crippen molar-refractivity contribution in [1.82, 2.24) is 15.3 Å². The Hall–Kier alpha value is -3.94. The fourth-order valence-corrected chi connectivity index (χ4v) is 6.28. The van der Waals surface area contributed by atoms with E-state index >= 15 is 0 Å². The van der Waals surface area contributed by atoms with Gasteiger partial charge >= 0.3 is 11.9 Å². The molecule has 3 heterocycles. The third-order valence-corrected chi connectivity index (χ3v) is 8.46. The Morgan fingerprint density at radius 2 is 1.15 bits per heavy atom. The number of nitrogens with one attached hydrogen (secondary N) is 1. The molecule has 1 saturated heterocycles. The van der Waals surface area contributed by atoms with Gasteiger partial charge in [-0.05, 0) is 12.1 Å². The van der Waals surface area contributed by atoms with Gasteiger partial charge in [-0.2, -0.15) is 0 Å². The van der Waals surface area contributed by atoms with Crippen LogP contribution in [0.4, 0.5) is 0 Å². The van der Waals surface area contributed by atoms with Gasteiger partial charge in [0.25, 0.3) is 0 Å². The van der Waals surface area contributed by atoms with Crippen molar-refractivity contribution in [2.75, 3.05) is 14.2 Å². The maximum absolute atomic E-state index is 12.4. The largest absolute Gasteiger partial charge is 0.496 e. The van der Waals surface area contributed by atoms with Gasteiger partial charge in [-0.25, -0.2) is 9.97 Å². The molecule has 2 unspecified atom stereocenters. The Morgan fingerprint density at radius 3 is 1.51 bits per heavy atom. The fraction of sp³-hybridized carbons (Fsp3) is 0.308. The van der Waals surface area contributed by atoms with Gasteiger partial charge in [0.1, 0.15) is 11.5 Å². The molecule has 5 rings (SSSR count). The number of benzene rings is 2. The van der Waals surface area contributed by atoms with E-state index in [1.54, 1.807) is 26.4 Å². The zero-order valence-corrected chi connectivity index (χ0v) is 22.5. The van der Waals surface area contributed by atoms with Gasteiger partial charge in [-0.1, -0.05) is 0 Å². The number of ketones is 2. The van der Waals surface area contributed by atoms with Crippen molar-refractivity contribution in [3.63, 3.8) is 0 Å². The quantitative estimate of drug-likeness (QED) is 0.163. The molecule has 0 aliphatic carbocycles. The van der Waals surface area contributed by atoms with Gasteiger partial charge in [0.05, 0.1) is 59.6 Å². The molecule has 1 fully saturated rings. The summed E-state index contributed by atoms with van der Waals surface area (Å²) in [5.41, 5.74) is 2.94.